The van der Waals surface area contributed by atoms with Gasteiger partial charge in [-0.3, -0.25) is 14.9 Å². The molecule has 0 aromatic heterocycles. The van der Waals surface area contributed by atoms with E-state index >= 15 is 0 Å². The molecule has 3 rings (SSSR count). The molecule has 0 saturated heterocycles. The van der Waals surface area contributed by atoms with Crippen LogP contribution in [0, 0.1) is 10.1 Å². The fourth-order valence-corrected chi connectivity index (χ4v) is 3.28. The van der Waals surface area contributed by atoms with Gasteiger partial charge < -0.3 is 4.90 Å². The number of carbonyl (C=O) groups excluding carboxylic acids is 1. The molecule has 0 bridgehead atoms. The first-order valence-corrected chi connectivity index (χ1v) is 7.68. The molecule has 5 heteroatoms. The van der Waals surface area contributed by atoms with E-state index in [2.05, 4.69) is 6.07 Å². The quantitative estimate of drug-likeness (QED) is 0.640. The van der Waals surface area contributed by atoms with Crippen molar-refractivity contribution in [2.24, 2.45) is 0 Å². The number of amides is 1. The Labute approximate surface area is 134 Å². The van der Waals surface area contributed by atoms with E-state index in [9.17, 15) is 14.9 Å². The zero-order valence-electron chi connectivity index (χ0n) is 12.9. The van der Waals surface area contributed by atoms with Crippen LogP contribution < -0.4 is 0 Å². The molecule has 1 atom stereocenters. The van der Waals surface area contributed by atoms with Crippen LogP contribution in [0.2, 0.25) is 0 Å². The molecule has 1 amide bonds. The molecule has 1 aliphatic rings. The Hall–Kier alpha value is -2.69. The third-order valence-electron chi connectivity index (χ3n) is 4.46. The van der Waals surface area contributed by atoms with Gasteiger partial charge in [-0.05, 0) is 36.5 Å². The fourth-order valence-electron chi connectivity index (χ4n) is 3.28. The van der Waals surface area contributed by atoms with Crippen LogP contribution in [0.15, 0.2) is 48.5 Å². The fraction of sp³-hybridized carbons (Fsp3) is 0.278. The van der Waals surface area contributed by atoms with E-state index in [1.54, 1.807) is 24.1 Å². The molecule has 23 heavy (non-hydrogen) atoms. The number of hydrogen-bond donors (Lipinski definition) is 0. The molecule has 5 nitrogen and oxygen atoms in total. The third-order valence-corrected chi connectivity index (χ3v) is 4.46. The molecule has 0 aliphatic heterocycles. The normalized spacial score (nSPS) is 16.5. The largest absolute Gasteiger partial charge is 0.334 e. The molecular formula is C18H18N2O3. The van der Waals surface area contributed by atoms with Crippen LogP contribution in [0.3, 0.4) is 0 Å². The summed E-state index contributed by atoms with van der Waals surface area (Å²) in [5.74, 6) is -0.306. The summed E-state index contributed by atoms with van der Waals surface area (Å²) in [5.41, 5.74) is 2.40. The number of aryl methyl sites for hydroxylation is 1. The number of nitro groups is 1. The Bertz CT molecular complexity index is 757. The monoisotopic (exact) mass is 310 g/mol. The highest BCUT2D eigenvalue weighted by molar-refractivity contribution is 5.98. The van der Waals surface area contributed by atoms with Crippen LogP contribution >= 0.6 is 0 Å². The average molecular weight is 310 g/mol. The maximum Gasteiger partial charge on any atom is 0.282 e. The highest BCUT2D eigenvalue weighted by Crippen LogP contribution is 2.34. The predicted octanol–water partition coefficient (Wildman–Crippen LogP) is 3.74. The lowest BCUT2D eigenvalue weighted by Crippen LogP contribution is -2.33. The van der Waals surface area contributed by atoms with Crippen molar-refractivity contribution >= 4 is 11.6 Å². The minimum atomic E-state index is -0.504. The SMILES string of the molecule is CN(C(=O)c1ccccc1[N+](=O)[O-])[C@H]1CCCc2ccccc21. The maximum absolute atomic E-state index is 12.8. The van der Waals surface area contributed by atoms with E-state index in [0.717, 1.165) is 24.8 Å². The lowest BCUT2D eigenvalue weighted by molar-refractivity contribution is -0.385. The molecule has 0 radical (unpaired) electrons. The summed E-state index contributed by atoms with van der Waals surface area (Å²) in [6.45, 7) is 0. The second kappa shape index (κ2) is 6.20. The van der Waals surface area contributed by atoms with Crippen LogP contribution in [0.25, 0.3) is 0 Å². The maximum atomic E-state index is 12.8. The van der Waals surface area contributed by atoms with Crippen LogP contribution in [-0.2, 0) is 6.42 Å². The van der Waals surface area contributed by atoms with Crippen molar-refractivity contribution < 1.29 is 9.72 Å². The number of nitrogens with zero attached hydrogens (tertiary/aromatic N) is 2. The minimum absolute atomic E-state index is 0.0349. The Morgan fingerprint density at radius 3 is 2.65 bits per heavy atom. The molecule has 118 valence electrons. The summed E-state index contributed by atoms with van der Waals surface area (Å²) >= 11 is 0. The summed E-state index contributed by atoms with van der Waals surface area (Å²) in [7, 11) is 1.73. The van der Waals surface area contributed by atoms with Gasteiger partial charge in [0.1, 0.15) is 5.56 Å². The van der Waals surface area contributed by atoms with Crippen molar-refractivity contribution in [3.63, 3.8) is 0 Å². The van der Waals surface area contributed by atoms with Gasteiger partial charge in [0.15, 0.2) is 0 Å². The average Bonchev–Trinajstić information content (AvgIpc) is 2.60. The van der Waals surface area contributed by atoms with Crippen LogP contribution in [0.1, 0.15) is 40.4 Å². The summed E-state index contributed by atoms with van der Waals surface area (Å²) in [6, 6.07) is 14.2. The second-order valence-corrected chi connectivity index (χ2v) is 5.80. The van der Waals surface area contributed by atoms with Gasteiger partial charge in [0.25, 0.3) is 11.6 Å². The molecule has 2 aromatic rings. The number of benzene rings is 2. The van der Waals surface area contributed by atoms with Crippen molar-refractivity contribution in [2.75, 3.05) is 7.05 Å². The van der Waals surface area contributed by atoms with Crippen LogP contribution in [0.4, 0.5) is 5.69 Å². The number of fused-ring (bicyclic) bond motifs is 1. The zero-order chi connectivity index (χ0) is 16.4. The first-order valence-electron chi connectivity index (χ1n) is 7.68. The molecule has 0 unspecified atom stereocenters. The van der Waals surface area contributed by atoms with Gasteiger partial charge in [0.2, 0.25) is 0 Å². The van der Waals surface area contributed by atoms with Gasteiger partial charge >= 0.3 is 0 Å². The Kier molecular flexibility index (Phi) is 4.10. The summed E-state index contributed by atoms with van der Waals surface area (Å²) in [5, 5.41) is 11.2. The Balaban J connectivity index is 1.94. The molecule has 0 heterocycles. The van der Waals surface area contributed by atoms with Gasteiger partial charge in [-0.15, -0.1) is 0 Å². The molecule has 0 fully saturated rings. The van der Waals surface area contributed by atoms with Crippen molar-refractivity contribution in [3.8, 4) is 0 Å². The predicted molar refractivity (Wildman–Crippen MR) is 87.3 cm³/mol. The first-order chi connectivity index (χ1) is 11.1. The van der Waals surface area contributed by atoms with Crippen molar-refractivity contribution in [1.29, 1.82) is 0 Å². The number of para-hydroxylation sites is 1. The van der Waals surface area contributed by atoms with Crippen LogP contribution in [0.5, 0.6) is 0 Å². The van der Waals surface area contributed by atoms with Crippen LogP contribution in [-0.4, -0.2) is 22.8 Å². The molecule has 2 aromatic carbocycles. The van der Waals surface area contributed by atoms with Crippen molar-refractivity contribution in [3.05, 3.63) is 75.3 Å². The van der Waals surface area contributed by atoms with Gasteiger partial charge in [-0.25, -0.2) is 0 Å². The third kappa shape index (κ3) is 2.82. The van der Waals surface area contributed by atoms with Gasteiger partial charge in [0.05, 0.1) is 11.0 Å². The van der Waals surface area contributed by atoms with Gasteiger partial charge in [-0.2, -0.15) is 0 Å². The highest BCUT2D eigenvalue weighted by Gasteiger charge is 2.30. The number of rotatable bonds is 3. The summed E-state index contributed by atoms with van der Waals surface area (Å²) < 4.78 is 0. The second-order valence-electron chi connectivity index (χ2n) is 5.80. The van der Waals surface area contributed by atoms with E-state index in [-0.39, 0.29) is 23.2 Å². The van der Waals surface area contributed by atoms with E-state index in [4.69, 9.17) is 0 Å². The smallest absolute Gasteiger partial charge is 0.282 e. The molecule has 0 spiro atoms. The lowest BCUT2D eigenvalue weighted by atomic mass is 9.87. The molecule has 0 N–H and O–H groups in total. The Morgan fingerprint density at radius 1 is 1.17 bits per heavy atom. The summed E-state index contributed by atoms with van der Waals surface area (Å²) in [6.07, 6.45) is 2.90. The number of carbonyl (C=O) groups is 1. The highest BCUT2D eigenvalue weighted by atomic mass is 16.6. The standard InChI is InChI=1S/C18H18N2O3/c1-19(16-12-6-8-13-7-2-3-9-14(13)16)18(21)15-10-4-5-11-17(15)20(22)23/h2-5,7,9-11,16H,6,8,12H2,1H3/t16-/m0/s1. The number of nitro benzene ring substituents is 1. The molecular weight excluding hydrogens is 292 g/mol. The minimum Gasteiger partial charge on any atom is -0.334 e. The molecule has 0 saturated carbocycles. The van der Waals surface area contributed by atoms with E-state index in [1.807, 2.05) is 18.2 Å². The summed E-state index contributed by atoms with van der Waals surface area (Å²) in [4.78, 5) is 25.1. The van der Waals surface area contributed by atoms with Gasteiger partial charge in [0, 0.05) is 13.1 Å². The molecule has 1 aliphatic carbocycles. The van der Waals surface area contributed by atoms with Crippen molar-refractivity contribution in [1.82, 2.24) is 4.90 Å². The lowest BCUT2D eigenvalue weighted by Gasteiger charge is -2.33. The van der Waals surface area contributed by atoms with E-state index < -0.39 is 4.92 Å². The first kappa shape index (κ1) is 15.2. The Morgan fingerprint density at radius 2 is 1.87 bits per heavy atom. The van der Waals surface area contributed by atoms with Crippen molar-refractivity contribution in [2.45, 2.75) is 25.3 Å². The van der Waals surface area contributed by atoms with E-state index in [0.29, 0.717) is 0 Å². The van der Waals surface area contributed by atoms with Gasteiger partial charge in [-0.1, -0.05) is 36.4 Å². The number of hydrogen-bond acceptors (Lipinski definition) is 3. The van der Waals surface area contributed by atoms with E-state index in [1.165, 1.54) is 17.7 Å². The zero-order valence-corrected chi connectivity index (χ0v) is 12.9. The topological polar surface area (TPSA) is 63.5 Å².